The fourth-order valence-electron chi connectivity index (χ4n) is 2.71. The lowest BCUT2D eigenvalue weighted by Gasteiger charge is -2.45. The predicted octanol–water partition coefficient (Wildman–Crippen LogP) is 2.61. The molecule has 1 aliphatic rings. The van der Waals surface area contributed by atoms with Crippen LogP contribution >= 0.6 is 0 Å². The molecule has 0 aliphatic carbocycles. The Morgan fingerprint density at radius 2 is 2.06 bits per heavy atom. The van der Waals surface area contributed by atoms with E-state index in [9.17, 15) is 0 Å². The van der Waals surface area contributed by atoms with E-state index < -0.39 is 0 Å². The summed E-state index contributed by atoms with van der Waals surface area (Å²) in [4.78, 5) is 2.60. The maximum atomic E-state index is 3.71. The minimum atomic E-state index is 0.100. The third kappa shape index (κ3) is 2.70. The van der Waals surface area contributed by atoms with Gasteiger partial charge in [-0.3, -0.25) is 4.90 Å². The zero-order valence-corrected chi connectivity index (χ0v) is 11.2. The Morgan fingerprint density at radius 1 is 1.35 bits per heavy atom. The highest BCUT2D eigenvalue weighted by atomic mass is 15.2. The normalized spacial score (nSPS) is 30.4. The molecule has 2 rings (SSSR count). The monoisotopic (exact) mass is 232 g/mol. The van der Waals surface area contributed by atoms with Gasteiger partial charge in [0.25, 0.3) is 0 Å². The van der Waals surface area contributed by atoms with Crippen LogP contribution in [-0.4, -0.2) is 30.6 Å². The Bertz CT molecular complexity index is 349. The lowest BCUT2D eigenvalue weighted by atomic mass is 9.88. The summed E-state index contributed by atoms with van der Waals surface area (Å²) in [6.07, 6.45) is 1.23. The summed E-state index contributed by atoms with van der Waals surface area (Å²) in [5, 5.41) is 3.71. The first-order valence-electron chi connectivity index (χ1n) is 6.70. The van der Waals surface area contributed by atoms with Crippen molar-refractivity contribution in [2.45, 2.75) is 38.8 Å². The lowest BCUT2D eigenvalue weighted by Crippen LogP contribution is -2.60. The highest BCUT2D eigenvalue weighted by Crippen LogP contribution is 2.26. The van der Waals surface area contributed by atoms with Gasteiger partial charge in [0.05, 0.1) is 5.54 Å². The van der Waals surface area contributed by atoms with Crippen LogP contribution in [0.1, 0.15) is 32.8 Å². The van der Waals surface area contributed by atoms with Crippen LogP contribution in [0.25, 0.3) is 0 Å². The largest absolute Gasteiger partial charge is 0.305 e. The molecule has 1 fully saturated rings. The molecule has 1 saturated heterocycles. The second kappa shape index (κ2) is 5.19. The first-order valence-corrected chi connectivity index (χ1v) is 6.70. The Kier molecular flexibility index (Phi) is 3.85. The zero-order valence-electron chi connectivity index (χ0n) is 11.2. The van der Waals surface area contributed by atoms with Gasteiger partial charge in [-0.15, -0.1) is 0 Å². The van der Waals surface area contributed by atoms with Crippen molar-refractivity contribution in [3.05, 3.63) is 35.9 Å². The summed E-state index contributed by atoms with van der Waals surface area (Å²) in [5.74, 6) is 0. The molecule has 1 aliphatic heterocycles. The average molecular weight is 232 g/mol. The van der Waals surface area contributed by atoms with E-state index in [-0.39, 0.29) is 5.54 Å². The number of hydrogen-bond donors (Lipinski definition) is 1. The van der Waals surface area contributed by atoms with Crippen LogP contribution in [0.4, 0.5) is 0 Å². The van der Waals surface area contributed by atoms with E-state index in [2.05, 4.69) is 61.3 Å². The van der Waals surface area contributed by atoms with Gasteiger partial charge in [0.1, 0.15) is 0 Å². The molecule has 0 aromatic heterocycles. The van der Waals surface area contributed by atoms with Crippen molar-refractivity contribution in [3.8, 4) is 0 Å². The van der Waals surface area contributed by atoms with Gasteiger partial charge < -0.3 is 5.32 Å². The maximum absolute atomic E-state index is 3.71. The fraction of sp³-hybridized carbons (Fsp3) is 0.600. The van der Waals surface area contributed by atoms with Crippen LogP contribution in [0.15, 0.2) is 30.3 Å². The number of rotatable bonds is 3. The smallest absolute Gasteiger partial charge is 0.0535 e. The average Bonchev–Trinajstić information content (AvgIpc) is 2.36. The van der Waals surface area contributed by atoms with E-state index in [0.717, 1.165) is 13.1 Å². The van der Waals surface area contributed by atoms with Crippen molar-refractivity contribution in [2.75, 3.05) is 19.6 Å². The van der Waals surface area contributed by atoms with E-state index in [1.807, 2.05) is 0 Å². The highest BCUT2D eigenvalue weighted by Gasteiger charge is 2.34. The lowest BCUT2D eigenvalue weighted by molar-refractivity contribution is 0.0948. The molecular weight excluding hydrogens is 208 g/mol. The standard InChI is InChI=1S/C15H24N2/c1-4-10-17-12-15(3,16-11-13(17)2)14-8-6-5-7-9-14/h5-9,13,16H,4,10-12H2,1-3H3. The third-order valence-corrected chi connectivity index (χ3v) is 3.85. The van der Waals surface area contributed by atoms with E-state index >= 15 is 0 Å². The number of nitrogens with zero attached hydrogens (tertiary/aromatic N) is 1. The number of benzene rings is 1. The van der Waals surface area contributed by atoms with Crippen LogP contribution in [-0.2, 0) is 5.54 Å². The van der Waals surface area contributed by atoms with Crippen LogP contribution in [0.2, 0.25) is 0 Å². The molecule has 17 heavy (non-hydrogen) atoms. The Balaban J connectivity index is 2.16. The molecule has 0 radical (unpaired) electrons. The van der Waals surface area contributed by atoms with Gasteiger partial charge in [-0.1, -0.05) is 37.3 Å². The third-order valence-electron chi connectivity index (χ3n) is 3.85. The fourth-order valence-corrected chi connectivity index (χ4v) is 2.71. The van der Waals surface area contributed by atoms with Gasteiger partial charge >= 0.3 is 0 Å². The van der Waals surface area contributed by atoms with Crippen molar-refractivity contribution in [2.24, 2.45) is 0 Å². The summed E-state index contributed by atoms with van der Waals surface area (Å²) in [7, 11) is 0. The number of hydrogen-bond acceptors (Lipinski definition) is 2. The first-order chi connectivity index (χ1) is 8.15. The molecular formula is C15H24N2. The summed E-state index contributed by atoms with van der Waals surface area (Å²) in [5.41, 5.74) is 1.50. The van der Waals surface area contributed by atoms with E-state index in [4.69, 9.17) is 0 Å². The Labute approximate surface area is 105 Å². The molecule has 0 spiro atoms. The highest BCUT2D eigenvalue weighted by molar-refractivity contribution is 5.25. The van der Waals surface area contributed by atoms with Gasteiger partial charge in [-0.05, 0) is 32.4 Å². The van der Waals surface area contributed by atoms with Crippen LogP contribution in [0.5, 0.6) is 0 Å². The van der Waals surface area contributed by atoms with Crippen molar-refractivity contribution in [3.63, 3.8) is 0 Å². The molecule has 2 atom stereocenters. The van der Waals surface area contributed by atoms with Gasteiger partial charge in [0.15, 0.2) is 0 Å². The summed E-state index contributed by atoms with van der Waals surface area (Å²) >= 11 is 0. The second-order valence-electron chi connectivity index (χ2n) is 5.40. The summed E-state index contributed by atoms with van der Waals surface area (Å²) in [6, 6.07) is 11.4. The van der Waals surface area contributed by atoms with Gasteiger partial charge in [-0.25, -0.2) is 0 Å². The quantitative estimate of drug-likeness (QED) is 0.862. The maximum Gasteiger partial charge on any atom is 0.0535 e. The second-order valence-corrected chi connectivity index (χ2v) is 5.40. The molecule has 0 amide bonds. The van der Waals surface area contributed by atoms with E-state index in [1.54, 1.807) is 0 Å². The van der Waals surface area contributed by atoms with Crippen LogP contribution in [0, 0.1) is 0 Å². The molecule has 0 saturated carbocycles. The zero-order chi connectivity index (χ0) is 12.3. The molecule has 2 unspecified atom stereocenters. The topological polar surface area (TPSA) is 15.3 Å². The molecule has 1 N–H and O–H groups in total. The van der Waals surface area contributed by atoms with Gasteiger partial charge in [0, 0.05) is 19.1 Å². The molecule has 1 aromatic rings. The van der Waals surface area contributed by atoms with E-state index in [1.165, 1.54) is 18.5 Å². The van der Waals surface area contributed by atoms with Gasteiger partial charge in [-0.2, -0.15) is 0 Å². The minimum Gasteiger partial charge on any atom is -0.305 e. The van der Waals surface area contributed by atoms with E-state index in [0.29, 0.717) is 6.04 Å². The minimum absolute atomic E-state index is 0.100. The molecule has 94 valence electrons. The summed E-state index contributed by atoms with van der Waals surface area (Å²) < 4.78 is 0. The van der Waals surface area contributed by atoms with Gasteiger partial charge in [0.2, 0.25) is 0 Å². The summed E-state index contributed by atoms with van der Waals surface area (Å²) in [6.45, 7) is 10.3. The molecule has 1 heterocycles. The molecule has 0 bridgehead atoms. The van der Waals surface area contributed by atoms with Crippen molar-refractivity contribution < 1.29 is 0 Å². The number of piperazine rings is 1. The molecule has 2 heteroatoms. The Hall–Kier alpha value is -0.860. The van der Waals surface area contributed by atoms with Crippen molar-refractivity contribution in [1.82, 2.24) is 10.2 Å². The number of nitrogens with one attached hydrogen (secondary N) is 1. The predicted molar refractivity (Wildman–Crippen MR) is 73.1 cm³/mol. The van der Waals surface area contributed by atoms with Crippen molar-refractivity contribution >= 4 is 0 Å². The molecule has 2 nitrogen and oxygen atoms in total. The SMILES string of the molecule is CCCN1CC(C)(c2ccccc2)NCC1C. The van der Waals surface area contributed by atoms with Crippen LogP contribution < -0.4 is 5.32 Å². The van der Waals surface area contributed by atoms with Crippen LogP contribution in [0.3, 0.4) is 0 Å². The molecule has 1 aromatic carbocycles. The Morgan fingerprint density at radius 3 is 2.71 bits per heavy atom. The van der Waals surface area contributed by atoms with Crippen molar-refractivity contribution in [1.29, 1.82) is 0 Å². The first kappa shape index (κ1) is 12.6.